The number of halogens is 1. The van der Waals surface area contributed by atoms with Gasteiger partial charge in [-0.05, 0) is 37.1 Å². The molecule has 6 heteroatoms. The molecule has 2 rings (SSSR count). The van der Waals surface area contributed by atoms with E-state index < -0.39 is 5.56 Å². The average Bonchev–Trinajstić information content (AvgIpc) is 2.61. The molecule has 1 aromatic carbocycles. The molecule has 1 N–H and O–H groups in total. The Morgan fingerprint density at radius 1 is 1.35 bits per heavy atom. The Balaban J connectivity index is 2.44. The Hall–Kier alpha value is -2.39. The van der Waals surface area contributed by atoms with Crippen LogP contribution in [0.5, 0.6) is 5.88 Å². The highest BCUT2D eigenvalue weighted by molar-refractivity contribution is 9.10. The van der Waals surface area contributed by atoms with Crippen molar-refractivity contribution in [2.45, 2.75) is 46.1 Å². The Morgan fingerprint density at radius 3 is 2.77 bits per heavy atom. The van der Waals surface area contributed by atoms with E-state index in [1.807, 2.05) is 30.3 Å². The van der Waals surface area contributed by atoms with Crippen LogP contribution in [0, 0.1) is 18.3 Å². The van der Waals surface area contributed by atoms with Gasteiger partial charge in [0.15, 0.2) is 0 Å². The Bertz CT molecular complexity index is 910. The fraction of sp³-hybridized carbons (Fsp3) is 0.350. The van der Waals surface area contributed by atoms with Crippen LogP contribution in [-0.4, -0.2) is 15.9 Å². The van der Waals surface area contributed by atoms with E-state index in [1.54, 1.807) is 6.92 Å². The second kappa shape index (κ2) is 9.35. The van der Waals surface area contributed by atoms with E-state index in [9.17, 15) is 15.2 Å². The van der Waals surface area contributed by atoms with Crippen molar-refractivity contribution < 1.29 is 5.11 Å². The number of benzene rings is 1. The van der Waals surface area contributed by atoms with Gasteiger partial charge in [0.25, 0.3) is 5.56 Å². The normalized spacial score (nSPS) is 11.0. The molecule has 26 heavy (non-hydrogen) atoms. The van der Waals surface area contributed by atoms with Gasteiger partial charge in [0.2, 0.25) is 5.88 Å². The molecular weight excluding hydrogens is 394 g/mol. The summed E-state index contributed by atoms with van der Waals surface area (Å²) in [6, 6.07) is 9.40. The molecule has 0 radical (unpaired) electrons. The highest BCUT2D eigenvalue weighted by Gasteiger charge is 2.17. The van der Waals surface area contributed by atoms with Gasteiger partial charge in [-0.3, -0.25) is 14.4 Å². The number of unbranched alkanes of at least 4 members (excludes halogenated alkanes) is 3. The number of nitriles is 1. The fourth-order valence-electron chi connectivity index (χ4n) is 2.73. The predicted molar refractivity (Wildman–Crippen MR) is 107 cm³/mol. The summed E-state index contributed by atoms with van der Waals surface area (Å²) in [5.74, 6) is -0.137. The van der Waals surface area contributed by atoms with Crippen LogP contribution in [0.15, 0.2) is 38.5 Å². The van der Waals surface area contributed by atoms with Crippen LogP contribution in [0.2, 0.25) is 0 Å². The lowest BCUT2D eigenvalue weighted by Gasteiger charge is -2.14. The van der Waals surface area contributed by atoms with Crippen molar-refractivity contribution >= 4 is 27.8 Å². The van der Waals surface area contributed by atoms with Gasteiger partial charge in [-0.1, -0.05) is 48.2 Å². The molecule has 0 fully saturated rings. The molecule has 0 bridgehead atoms. The lowest BCUT2D eigenvalue weighted by molar-refractivity contribution is 0.397. The lowest BCUT2D eigenvalue weighted by Crippen LogP contribution is -2.25. The van der Waals surface area contributed by atoms with Gasteiger partial charge in [-0.25, -0.2) is 0 Å². The standard InChI is InChI=1S/C20H22BrN3O2/c1-3-4-5-6-10-24-19(25)17(12-22)14(2)18(20(24)26)13-23-16-9-7-8-15(21)11-16/h7-9,11,13,26H,3-6,10H2,1-2H3. The van der Waals surface area contributed by atoms with Gasteiger partial charge in [0.1, 0.15) is 11.6 Å². The van der Waals surface area contributed by atoms with E-state index in [1.165, 1.54) is 10.8 Å². The quantitative estimate of drug-likeness (QED) is 0.519. The first-order valence-corrected chi connectivity index (χ1v) is 9.45. The summed E-state index contributed by atoms with van der Waals surface area (Å²) in [4.78, 5) is 16.9. The van der Waals surface area contributed by atoms with Gasteiger partial charge >= 0.3 is 0 Å². The number of aliphatic imine (C=N–C) groups is 1. The second-order valence-electron chi connectivity index (χ2n) is 6.10. The van der Waals surface area contributed by atoms with Crippen LogP contribution >= 0.6 is 15.9 Å². The zero-order valence-corrected chi connectivity index (χ0v) is 16.6. The van der Waals surface area contributed by atoms with Crippen molar-refractivity contribution in [1.82, 2.24) is 4.57 Å². The molecule has 0 spiro atoms. The smallest absolute Gasteiger partial charge is 0.271 e. The zero-order chi connectivity index (χ0) is 19.1. The minimum Gasteiger partial charge on any atom is -0.494 e. The highest BCUT2D eigenvalue weighted by Crippen LogP contribution is 2.23. The van der Waals surface area contributed by atoms with Crippen LogP contribution < -0.4 is 5.56 Å². The third kappa shape index (κ3) is 4.61. The van der Waals surface area contributed by atoms with Crippen LogP contribution in [0.3, 0.4) is 0 Å². The second-order valence-corrected chi connectivity index (χ2v) is 7.02. The minimum atomic E-state index is -0.446. The van der Waals surface area contributed by atoms with Gasteiger partial charge < -0.3 is 5.11 Å². The van der Waals surface area contributed by atoms with Crippen LogP contribution in [0.4, 0.5) is 5.69 Å². The third-order valence-electron chi connectivity index (χ3n) is 4.23. The number of aromatic hydroxyl groups is 1. The van der Waals surface area contributed by atoms with E-state index in [2.05, 4.69) is 27.8 Å². The van der Waals surface area contributed by atoms with Crippen LogP contribution in [-0.2, 0) is 6.54 Å². The largest absolute Gasteiger partial charge is 0.494 e. The molecule has 1 heterocycles. The summed E-state index contributed by atoms with van der Waals surface area (Å²) < 4.78 is 2.18. The third-order valence-corrected chi connectivity index (χ3v) is 4.73. The maximum absolute atomic E-state index is 12.5. The number of hydrogen-bond donors (Lipinski definition) is 1. The van der Waals surface area contributed by atoms with Crippen LogP contribution in [0.1, 0.15) is 49.3 Å². The topological polar surface area (TPSA) is 78.4 Å². The molecule has 0 aliphatic carbocycles. The lowest BCUT2D eigenvalue weighted by atomic mass is 10.1. The number of pyridine rings is 1. The van der Waals surface area contributed by atoms with E-state index in [4.69, 9.17) is 0 Å². The molecule has 0 unspecified atom stereocenters. The Morgan fingerprint density at radius 2 is 2.12 bits per heavy atom. The van der Waals surface area contributed by atoms with Crippen molar-refractivity contribution in [2.24, 2.45) is 4.99 Å². The van der Waals surface area contributed by atoms with Crippen LogP contribution in [0.25, 0.3) is 0 Å². The molecular formula is C20H22BrN3O2. The highest BCUT2D eigenvalue weighted by atomic mass is 79.9. The van der Waals surface area contributed by atoms with E-state index in [-0.39, 0.29) is 11.4 Å². The summed E-state index contributed by atoms with van der Waals surface area (Å²) in [5.41, 5.74) is 1.15. The molecule has 1 aromatic heterocycles. The number of rotatable bonds is 7. The van der Waals surface area contributed by atoms with E-state index >= 15 is 0 Å². The van der Waals surface area contributed by atoms with E-state index in [0.29, 0.717) is 23.4 Å². The predicted octanol–water partition coefficient (Wildman–Crippen LogP) is 4.83. The molecule has 0 aliphatic rings. The van der Waals surface area contributed by atoms with Crippen molar-refractivity contribution in [3.63, 3.8) is 0 Å². The zero-order valence-electron chi connectivity index (χ0n) is 15.0. The maximum Gasteiger partial charge on any atom is 0.271 e. The van der Waals surface area contributed by atoms with Gasteiger partial charge in [-0.15, -0.1) is 0 Å². The summed E-state index contributed by atoms with van der Waals surface area (Å²) in [6.45, 7) is 4.15. The van der Waals surface area contributed by atoms with Gasteiger partial charge in [0.05, 0.1) is 11.3 Å². The molecule has 5 nitrogen and oxygen atoms in total. The van der Waals surface area contributed by atoms with E-state index in [0.717, 1.165) is 30.2 Å². The Labute approximate surface area is 161 Å². The average molecular weight is 416 g/mol. The SMILES string of the molecule is CCCCCCn1c(O)c(C=Nc2cccc(Br)c2)c(C)c(C#N)c1=O. The summed E-state index contributed by atoms with van der Waals surface area (Å²) in [5, 5.41) is 20.0. The molecule has 0 saturated carbocycles. The van der Waals surface area contributed by atoms with Gasteiger partial charge in [0, 0.05) is 17.2 Å². The number of aromatic nitrogens is 1. The molecule has 0 atom stereocenters. The maximum atomic E-state index is 12.5. The van der Waals surface area contributed by atoms with Gasteiger partial charge in [-0.2, -0.15) is 5.26 Å². The molecule has 0 aliphatic heterocycles. The molecule has 136 valence electrons. The number of hydrogen-bond acceptors (Lipinski definition) is 4. The number of nitrogens with zero attached hydrogens (tertiary/aromatic N) is 3. The summed E-state index contributed by atoms with van der Waals surface area (Å²) in [6.07, 6.45) is 5.42. The summed E-state index contributed by atoms with van der Waals surface area (Å²) in [7, 11) is 0. The first-order chi connectivity index (χ1) is 12.5. The first kappa shape index (κ1) is 19.9. The first-order valence-electron chi connectivity index (χ1n) is 8.65. The molecule has 2 aromatic rings. The van der Waals surface area contributed by atoms with Crippen molar-refractivity contribution in [1.29, 1.82) is 5.26 Å². The summed E-state index contributed by atoms with van der Waals surface area (Å²) >= 11 is 3.39. The van der Waals surface area contributed by atoms with Crippen molar-refractivity contribution in [3.8, 4) is 11.9 Å². The molecule has 0 amide bonds. The van der Waals surface area contributed by atoms with Crippen molar-refractivity contribution in [3.05, 3.63) is 55.8 Å². The minimum absolute atomic E-state index is 0.0500. The monoisotopic (exact) mass is 415 g/mol. The van der Waals surface area contributed by atoms with Crippen molar-refractivity contribution in [2.75, 3.05) is 0 Å². The Kier molecular flexibility index (Phi) is 7.16. The molecule has 0 saturated heterocycles. The fourth-order valence-corrected chi connectivity index (χ4v) is 3.11.